The van der Waals surface area contributed by atoms with Crippen LogP contribution in [-0.4, -0.2) is 22.8 Å². The first-order chi connectivity index (χ1) is 10.3. The Kier molecular flexibility index (Phi) is 15.6. The third-order valence-corrected chi connectivity index (χ3v) is 3.15. The van der Waals surface area contributed by atoms with E-state index in [1.807, 2.05) is 18.2 Å². The van der Waals surface area contributed by atoms with Crippen molar-refractivity contribution >= 4 is 5.97 Å². The van der Waals surface area contributed by atoms with Gasteiger partial charge in [0.05, 0.1) is 0 Å². The average Bonchev–Trinajstić information content (AvgIpc) is 2.46. The number of aliphatic hydroxyl groups is 1. The summed E-state index contributed by atoms with van der Waals surface area (Å²) in [5.41, 5.74) is 0. The number of aliphatic carboxylic acids is 1. The maximum Gasteiger partial charge on any atom is 0.303 e. The normalized spacial score (nSPS) is 12.0. The van der Waals surface area contributed by atoms with E-state index in [9.17, 15) is 4.79 Å². The van der Waals surface area contributed by atoms with Crippen molar-refractivity contribution in [2.24, 2.45) is 0 Å². The number of carboxylic acid groups (broad SMARTS) is 1. The van der Waals surface area contributed by atoms with Crippen molar-refractivity contribution in [3.8, 4) is 0 Å². The Bertz CT molecular complexity index is 316. The van der Waals surface area contributed by atoms with E-state index >= 15 is 0 Å². The van der Waals surface area contributed by atoms with Gasteiger partial charge >= 0.3 is 5.97 Å². The van der Waals surface area contributed by atoms with Crippen LogP contribution in [0.4, 0.5) is 0 Å². The van der Waals surface area contributed by atoms with Crippen LogP contribution in [0.3, 0.4) is 0 Å². The molecule has 0 aromatic carbocycles. The number of aliphatic hydroxyl groups excluding tert-OH is 1. The number of allylic oxidation sites excluding steroid dienone is 6. The van der Waals surface area contributed by atoms with Gasteiger partial charge in [0, 0.05) is 13.0 Å². The van der Waals surface area contributed by atoms with Crippen LogP contribution in [0.5, 0.6) is 0 Å². The van der Waals surface area contributed by atoms with E-state index in [1.165, 1.54) is 12.8 Å². The highest BCUT2D eigenvalue weighted by Gasteiger charge is 1.95. The van der Waals surface area contributed by atoms with E-state index in [1.54, 1.807) is 0 Å². The molecule has 0 bridgehead atoms. The lowest BCUT2D eigenvalue weighted by Gasteiger charge is -1.97. The summed E-state index contributed by atoms with van der Waals surface area (Å²) >= 11 is 0. The molecule has 0 radical (unpaired) electrons. The number of carboxylic acids is 1. The van der Waals surface area contributed by atoms with Gasteiger partial charge in [-0.1, -0.05) is 55.7 Å². The Morgan fingerprint density at radius 1 is 0.714 bits per heavy atom. The van der Waals surface area contributed by atoms with Gasteiger partial charge in [-0.15, -0.1) is 0 Å². The predicted octanol–water partition coefficient (Wildman–Crippen LogP) is 4.63. The van der Waals surface area contributed by atoms with Gasteiger partial charge in [0.15, 0.2) is 0 Å². The fourth-order valence-corrected chi connectivity index (χ4v) is 1.92. The molecule has 0 heterocycles. The molecule has 2 N–H and O–H groups in total. The van der Waals surface area contributed by atoms with E-state index in [0.29, 0.717) is 6.42 Å². The third kappa shape index (κ3) is 18.6. The summed E-state index contributed by atoms with van der Waals surface area (Å²) in [4.78, 5) is 10.3. The molecule has 0 fully saturated rings. The second-order valence-corrected chi connectivity index (χ2v) is 5.16. The molecular weight excluding hydrogens is 264 g/mol. The first kappa shape index (κ1) is 19.7. The predicted molar refractivity (Wildman–Crippen MR) is 88.3 cm³/mol. The zero-order chi connectivity index (χ0) is 15.6. The van der Waals surface area contributed by atoms with Gasteiger partial charge in [0.25, 0.3) is 0 Å². The van der Waals surface area contributed by atoms with Gasteiger partial charge in [-0.3, -0.25) is 4.79 Å². The quantitative estimate of drug-likeness (QED) is 0.362. The highest BCUT2D eigenvalue weighted by Crippen LogP contribution is 2.07. The highest BCUT2D eigenvalue weighted by atomic mass is 16.4. The van der Waals surface area contributed by atoms with E-state index in [4.69, 9.17) is 10.2 Å². The van der Waals surface area contributed by atoms with Crippen LogP contribution < -0.4 is 0 Å². The van der Waals surface area contributed by atoms with Gasteiger partial charge in [-0.2, -0.15) is 0 Å². The third-order valence-electron chi connectivity index (χ3n) is 3.15. The van der Waals surface area contributed by atoms with Gasteiger partial charge in [-0.05, 0) is 38.5 Å². The largest absolute Gasteiger partial charge is 0.481 e. The fraction of sp³-hybridized carbons (Fsp3) is 0.611. The minimum absolute atomic E-state index is 0.284. The van der Waals surface area contributed by atoms with Crippen LogP contribution in [-0.2, 0) is 4.79 Å². The minimum atomic E-state index is -0.688. The Morgan fingerprint density at radius 3 is 1.81 bits per heavy atom. The lowest BCUT2D eigenvalue weighted by atomic mass is 10.1. The van der Waals surface area contributed by atoms with E-state index in [-0.39, 0.29) is 6.61 Å². The van der Waals surface area contributed by atoms with Gasteiger partial charge in [0.1, 0.15) is 0 Å². The Hall–Kier alpha value is -1.35. The molecular formula is C18H30O3. The minimum Gasteiger partial charge on any atom is -0.481 e. The Morgan fingerprint density at radius 2 is 1.24 bits per heavy atom. The number of unbranched alkanes of at least 4 members (excludes halogenated alkanes) is 7. The summed E-state index contributed by atoms with van der Waals surface area (Å²) < 4.78 is 0. The smallest absolute Gasteiger partial charge is 0.303 e. The Labute approximate surface area is 129 Å². The molecule has 0 spiro atoms. The molecule has 0 aliphatic heterocycles. The zero-order valence-electron chi connectivity index (χ0n) is 13.0. The molecule has 0 aromatic heterocycles. The summed E-state index contributed by atoms with van der Waals surface area (Å²) in [5, 5.41) is 17.1. The molecule has 0 atom stereocenters. The summed E-state index contributed by atoms with van der Waals surface area (Å²) in [7, 11) is 0. The van der Waals surface area contributed by atoms with Crippen molar-refractivity contribution in [1.82, 2.24) is 0 Å². The number of rotatable bonds is 14. The number of carbonyl (C=O) groups is 1. The Balaban J connectivity index is 3.30. The SMILES string of the molecule is O=C(O)CCCCCCCC=CC=CC=CCCCCO. The monoisotopic (exact) mass is 294 g/mol. The molecule has 0 unspecified atom stereocenters. The maximum absolute atomic E-state index is 10.3. The van der Waals surface area contributed by atoms with Gasteiger partial charge in [0.2, 0.25) is 0 Å². The van der Waals surface area contributed by atoms with Gasteiger partial charge < -0.3 is 10.2 Å². The maximum atomic E-state index is 10.3. The second kappa shape index (κ2) is 16.7. The summed E-state index contributed by atoms with van der Waals surface area (Å²) in [6.45, 7) is 0.284. The first-order valence-corrected chi connectivity index (χ1v) is 8.08. The van der Waals surface area contributed by atoms with Crippen molar-refractivity contribution in [1.29, 1.82) is 0 Å². The lowest BCUT2D eigenvalue weighted by molar-refractivity contribution is -0.137. The van der Waals surface area contributed by atoms with Crippen LogP contribution in [0, 0.1) is 0 Å². The van der Waals surface area contributed by atoms with Crippen LogP contribution in [0.2, 0.25) is 0 Å². The van der Waals surface area contributed by atoms with Crippen molar-refractivity contribution in [2.75, 3.05) is 6.61 Å². The number of hydrogen-bond acceptors (Lipinski definition) is 2. The molecule has 0 amide bonds. The number of hydrogen-bond donors (Lipinski definition) is 2. The summed E-state index contributed by atoms with van der Waals surface area (Å²) in [6, 6.07) is 0. The molecule has 3 heteroatoms. The zero-order valence-corrected chi connectivity index (χ0v) is 13.0. The van der Waals surface area contributed by atoms with Crippen molar-refractivity contribution < 1.29 is 15.0 Å². The summed E-state index contributed by atoms with van der Waals surface area (Å²) in [6.07, 6.45) is 22.1. The van der Waals surface area contributed by atoms with E-state index < -0.39 is 5.97 Å². The average molecular weight is 294 g/mol. The van der Waals surface area contributed by atoms with E-state index in [2.05, 4.69) is 18.2 Å². The van der Waals surface area contributed by atoms with Crippen molar-refractivity contribution in [3.63, 3.8) is 0 Å². The molecule has 0 saturated heterocycles. The molecule has 21 heavy (non-hydrogen) atoms. The first-order valence-electron chi connectivity index (χ1n) is 8.08. The van der Waals surface area contributed by atoms with Crippen LogP contribution in [0.1, 0.15) is 64.2 Å². The fourth-order valence-electron chi connectivity index (χ4n) is 1.92. The van der Waals surface area contributed by atoms with Crippen LogP contribution in [0.25, 0.3) is 0 Å². The highest BCUT2D eigenvalue weighted by molar-refractivity contribution is 5.66. The topological polar surface area (TPSA) is 57.5 Å². The van der Waals surface area contributed by atoms with Gasteiger partial charge in [-0.25, -0.2) is 0 Å². The van der Waals surface area contributed by atoms with Crippen molar-refractivity contribution in [2.45, 2.75) is 64.2 Å². The van der Waals surface area contributed by atoms with Crippen molar-refractivity contribution in [3.05, 3.63) is 36.5 Å². The molecule has 0 aliphatic rings. The molecule has 0 saturated carbocycles. The standard InChI is InChI=1S/C18H30O3/c19-17-15-13-11-9-7-5-3-1-2-4-6-8-10-12-14-16-18(20)21/h1-3,5,7,9,19H,4,6,8,10-17H2,(H,20,21). The van der Waals surface area contributed by atoms with Crippen LogP contribution in [0.15, 0.2) is 36.5 Å². The van der Waals surface area contributed by atoms with E-state index in [0.717, 1.165) is 44.9 Å². The molecule has 0 aromatic rings. The lowest BCUT2D eigenvalue weighted by Crippen LogP contribution is -1.93. The van der Waals surface area contributed by atoms with Crippen LogP contribution >= 0.6 is 0 Å². The molecule has 0 aliphatic carbocycles. The molecule has 120 valence electrons. The summed E-state index contributed by atoms with van der Waals surface area (Å²) in [5.74, 6) is -0.688. The second-order valence-electron chi connectivity index (χ2n) is 5.16. The molecule has 0 rings (SSSR count). The molecule has 3 nitrogen and oxygen atoms in total.